The molecule has 7 nitrogen and oxygen atoms in total. The number of anilines is 1. The molecular weight excluding hydrogens is 432 g/mol. The van der Waals surface area contributed by atoms with Crippen molar-refractivity contribution < 1.29 is 24.2 Å². The number of fused-ring (bicyclic) bond motifs is 2. The Bertz CT molecular complexity index is 1450. The van der Waals surface area contributed by atoms with E-state index >= 15 is 0 Å². The number of hydrogen-bond acceptors (Lipinski definition) is 5. The Morgan fingerprint density at radius 1 is 0.941 bits per heavy atom. The molecule has 0 unspecified atom stereocenters. The molecule has 2 aromatic rings. The van der Waals surface area contributed by atoms with Crippen LogP contribution in [0.25, 0.3) is 33.4 Å². The van der Waals surface area contributed by atoms with E-state index in [0.717, 1.165) is 28.7 Å². The number of hydrogen-bond donors (Lipinski definition) is 3. The lowest BCUT2D eigenvalue weighted by Gasteiger charge is -2.20. The molecule has 0 spiro atoms. The van der Waals surface area contributed by atoms with Gasteiger partial charge in [-0.1, -0.05) is 6.07 Å². The molecule has 174 valence electrons. The summed E-state index contributed by atoms with van der Waals surface area (Å²) in [7, 11) is 0. The van der Waals surface area contributed by atoms with Crippen LogP contribution in [0, 0.1) is 13.8 Å². The van der Waals surface area contributed by atoms with Crippen molar-refractivity contribution in [2.45, 2.75) is 27.7 Å². The van der Waals surface area contributed by atoms with E-state index in [1.54, 1.807) is 0 Å². The third-order valence-corrected chi connectivity index (χ3v) is 5.85. The number of aromatic carboxylic acids is 2. The summed E-state index contributed by atoms with van der Waals surface area (Å²) in [5, 5.41) is 24.7. The van der Waals surface area contributed by atoms with Gasteiger partial charge in [-0.25, -0.2) is 9.59 Å². The zero-order valence-electron chi connectivity index (χ0n) is 19.5. The quantitative estimate of drug-likeness (QED) is 0.326. The summed E-state index contributed by atoms with van der Waals surface area (Å²) in [6, 6.07) is 11.8. The molecule has 0 atom stereocenters. The highest BCUT2D eigenvalue weighted by Crippen LogP contribution is 2.44. The number of nitrogens with zero attached hydrogens (tertiary/aromatic N) is 1. The van der Waals surface area contributed by atoms with Crippen LogP contribution in [0.5, 0.6) is 0 Å². The van der Waals surface area contributed by atoms with Gasteiger partial charge in [0, 0.05) is 53.0 Å². The molecule has 1 aliphatic heterocycles. The van der Waals surface area contributed by atoms with Gasteiger partial charge in [-0.05, 0) is 63.1 Å². The van der Waals surface area contributed by atoms with Gasteiger partial charge >= 0.3 is 11.9 Å². The molecule has 34 heavy (non-hydrogen) atoms. The van der Waals surface area contributed by atoms with E-state index in [4.69, 9.17) is 4.42 Å². The lowest BCUT2D eigenvalue weighted by Crippen LogP contribution is -2.11. The monoisotopic (exact) mass is 458 g/mol. The summed E-state index contributed by atoms with van der Waals surface area (Å²) >= 11 is 0. The van der Waals surface area contributed by atoms with Gasteiger partial charge in [-0.15, -0.1) is 0 Å². The summed E-state index contributed by atoms with van der Waals surface area (Å²) in [4.78, 5) is 29.0. The molecule has 0 radical (unpaired) electrons. The van der Waals surface area contributed by atoms with Crippen molar-refractivity contribution in [2.75, 3.05) is 18.4 Å². The molecule has 0 bridgehead atoms. The summed E-state index contributed by atoms with van der Waals surface area (Å²) in [6.07, 6.45) is 0. The van der Waals surface area contributed by atoms with E-state index in [9.17, 15) is 19.8 Å². The van der Waals surface area contributed by atoms with Crippen molar-refractivity contribution in [1.82, 2.24) is 0 Å². The standard InChI is InChI=1S/C27H26N2O5/c1-5-28-20-12-22-18(10-14(20)3)25(19-11-15(4)21(29-6-2)13-23(19)34-22)24-16(26(30)31)8-7-9-17(24)27(32)33/h7-13,28H,5-6H2,1-4H3,(H,30,31)(H,32,33). The van der Waals surface area contributed by atoms with Gasteiger partial charge in [-0.2, -0.15) is 0 Å². The maximum atomic E-state index is 12.2. The molecule has 7 heteroatoms. The average Bonchev–Trinajstić information content (AvgIpc) is 2.79. The Labute approximate surface area is 196 Å². The van der Waals surface area contributed by atoms with Gasteiger partial charge in [0.25, 0.3) is 0 Å². The number of rotatable bonds is 6. The van der Waals surface area contributed by atoms with Crippen LogP contribution in [0.4, 0.5) is 5.69 Å². The molecule has 0 saturated heterocycles. The van der Waals surface area contributed by atoms with Crippen LogP contribution in [0.2, 0.25) is 0 Å². The fraction of sp³-hybridized carbons (Fsp3) is 0.222. The number of benzene rings is 3. The Balaban J connectivity index is 2.28. The van der Waals surface area contributed by atoms with Crippen LogP contribution in [-0.4, -0.2) is 35.2 Å². The fourth-order valence-electron chi connectivity index (χ4n) is 4.36. The fourth-order valence-corrected chi connectivity index (χ4v) is 4.36. The predicted molar refractivity (Wildman–Crippen MR) is 132 cm³/mol. The smallest absolute Gasteiger partial charge is 0.336 e. The molecule has 1 heterocycles. The van der Waals surface area contributed by atoms with E-state index in [2.05, 4.69) is 10.3 Å². The Morgan fingerprint density at radius 3 is 2.21 bits per heavy atom. The van der Waals surface area contributed by atoms with Crippen molar-refractivity contribution in [1.29, 1.82) is 0 Å². The van der Waals surface area contributed by atoms with Gasteiger partial charge in [0.05, 0.1) is 16.5 Å². The molecule has 0 saturated carbocycles. The molecule has 0 fully saturated rings. The normalized spacial score (nSPS) is 11.8. The molecule has 0 aromatic heterocycles. The Kier molecular flexibility index (Phi) is 6.11. The number of carboxylic acid groups (broad SMARTS) is 2. The van der Waals surface area contributed by atoms with Gasteiger partial charge in [0.1, 0.15) is 11.3 Å². The van der Waals surface area contributed by atoms with E-state index in [1.165, 1.54) is 18.2 Å². The second kappa shape index (κ2) is 9.02. The van der Waals surface area contributed by atoms with Gasteiger partial charge < -0.3 is 19.9 Å². The van der Waals surface area contributed by atoms with Crippen molar-refractivity contribution >= 4 is 28.6 Å². The van der Waals surface area contributed by atoms with Crippen molar-refractivity contribution in [3.05, 3.63) is 70.1 Å². The lowest BCUT2D eigenvalue weighted by molar-refractivity contribution is 0.0696. The van der Waals surface area contributed by atoms with Crippen LogP contribution in [0.15, 0.2) is 51.9 Å². The lowest BCUT2D eigenvalue weighted by atomic mass is 9.86. The van der Waals surface area contributed by atoms with Crippen LogP contribution < -0.4 is 10.7 Å². The number of carbonyl (C=O) groups is 2. The minimum atomic E-state index is -1.20. The van der Waals surface area contributed by atoms with Gasteiger partial charge in [0.2, 0.25) is 0 Å². The van der Waals surface area contributed by atoms with E-state index in [1.807, 2.05) is 52.0 Å². The van der Waals surface area contributed by atoms with Crippen LogP contribution in [0.3, 0.4) is 0 Å². The summed E-state index contributed by atoms with van der Waals surface area (Å²) in [6.45, 7) is 9.12. The third kappa shape index (κ3) is 3.90. The SMILES string of the molecule is CCN=c1cc2oc3cc(NCC)c(C)cc3c(-c3c(C(=O)O)cccc3C(=O)O)c-2cc1C. The van der Waals surface area contributed by atoms with Crippen LogP contribution >= 0.6 is 0 Å². The molecular formula is C27H26N2O5. The number of carboxylic acids is 2. The molecule has 1 aliphatic carbocycles. The van der Waals surface area contributed by atoms with Crippen molar-refractivity contribution in [3.8, 4) is 22.5 Å². The highest BCUT2D eigenvalue weighted by atomic mass is 16.4. The molecule has 0 amide bonds. The van der Waals surface area contributed by atoms with E-state index in [0.29, 0.717) is 34.4 Å². The average molecular weight is 459 g/mol. The Hall–Kier alpha value is -4.13. The number of nitrogens with one attached hydrogen (secondary N) is 1. The molecule has 3 N–H and O–H groups in total. The van der Waals surface area contributed by atoms with Gasteiger partial charge in [-0.3, -0.25) is 4.99 Å². The summed E-state index contributed by atoms with van der Waals surface area (Å²) in [5.74, 6) is -1.89. The van der Waals surface area contributed by atoms with Crippen LogP contribution in [-0.2, 0) is 0 Å². The zero-order valence-corrected chi connectivity index (χ0v) is 19.5. The second-order valence-corrected chi connectivity index (χ2v) is 8.12. The highest BCUT2D eigenvalue weighted by Gasteiger charge is 2.27. The molecule has 2 aromatic carbocycles. The first-order valence-corrected chi connectivity index (χ1v) is 11.1. The molecule has 2 aliphatic rings. The minimum Gasteiger partial charge on any atom is -0.478 e. The van der Waals surface area contributed by atoms with Crippen molar-refractivity contribution in [3.63, 3.8) is 0 Å². The minimum absolute atomic E-state index is 0.0814. The predicted octanol–water partition coefficient (Wildman–Crippen LogP) is 5.57. The highest BCUT2D eigenvalue weighted by molar-refractivity contribution is 6.13. The first-order chi connectivity index (χ1) is 16.3. The second-order valence-electron chi connectivity index (χ2n) is 8.12. The van der Waals surface area contributed by atoms with E-state index in [-0.39, 0.29) is 16.7 Å². The van der Waals surface area contributed by atoms with Gasteiger partial charge in [0.15, 0.2) is 0 Å². The van der Waals surface area contributed by atoms with Crippen molar-refractivity contribution in [2.24, 2.45) is 4.99 Å². The maximum Gasteiger partial charge on any atom is 0.336 e. The molecule has 4 rings (SSSR count). The zero-order chi connectivity index (χ0) is 24.6. The van der Waals surface area contributed by atoms with Crippen LogP contribution in [0.1, 0.15) is 45.7 Å². The van der Waals surface area contributed by atoms with E-state index < -0.39 is 11.9 Å². The maximum absolute atomic E-state index is 12.2. The Morgan fingerprint density at radius 2 is 1.62 bits per heavy atom. The number of aryl methyl sites for hydroxylation is 2. The first kappa shape index (κ1) is 23.0. The first-order valence-electron chi connectivity index (χ1n) is 11.1. The topological polar surface area (TPSA) is 112 Å². The summed E-state index contributed by atoms with van der Waals surface area (Å²) in [5.41, 5.74) is 4.37. The largest absolute Gasteiger partial charge is 0.478 e. The third-order valence-electron chi connectivity index (χ3n) is 5.85. The summed E-state index contributed by atoms with van der Waals surface area (Å²) < 4.78 is 6.30.